The van der Waals surface area contributed by atoms with Crippen molar-refractivity contribution in [1.82, 2.24) is 10.2 Å². The molecular weight excluding hydrogens is 288 g/mol. The standard InChI is InChI=1S/C11H16N2O6S/c1-11(19-4-9(14)15)6-13(7-11)10(16)12-8-2-3-20(17,18)5-8/h2-3,8H,4-7H2,1H3,(H,12,16)(H,14,15). The smallest absolute Gasteiger partial charge is 0.329 e. The molecule has 0 aromatic rings. The monoisotopic (exact) mass is 304 g/mol. The Morgan fingerprint density at radius 1 is 1.50 bits per heavy atom. The number of carboxylic acids is 1. The van der Waals surface area contributed by atoms with Crippen molar-refractivity contribution in [1.29, 1.82) is 0 Å². The highest BCUT2D eigenvalue weighted by Crippen LogP contribution is 2.24. The Morgan fingerprint density at radius 2 is 2.15 bits per heavy atom. The van der Waals surface area contributed by atoms with Crippen molar-refractivity contribution in [3.8, 4) is 0 Å². The molecule has 1 atom stereocenters. The largest absolute Gasteiger partial charge is 0.480 e. The molecule has 8 nitrogen and oxygen atoms in total. The fourth-order valence-corrected chi connectivity index (χ4v) is 3.38. The summed E-state index contributed by atoms with van der Waals surface area (Å²) in [6.07, 6.45) is 1.44. The Labute approximate surface area is 116 Å². The Morgan fingerprint density at radius 3 is 2.65 bits per heavy atom. The minimum atomic E-state index is -3.20. The molecule has 2 rings (SSSR count). The molecule has 2 aliphatic rings. The molecule has 2 amide bonds. The second-order valence-electron chi connectivity index (χ2n) is 5.20. The van der Waals surface area contributed by atoms with Crippen LogP contribution in [0.2, 0.25) is 0 Å². The molecule has 0 saturated carbocycles. The van der Waals surface area contributed by atoms with Crippen molar-refractivity contribution in [2.75, 3.05) is 25.4 Å². The Bertz CT molecular complexity index is 549. The highest BCUT2D eigenvalue weighted by atomic mass is 32.2. The van der Waals surface area contributed by atoms with Gasteiger partial charge in [0.2, 0.25) is 0 Å². The van der Waals surface area contributed by atoms with E-state index in [-0.39, 0.29) is 24.9 Å². The first kappa shape index (κ1) is 14.8. The number of hydrogen-bond donors (Lipinski definition) is 2. The van der Waals surface area contributed by atoms with Crippen molar-refractivity contribution in [2.24, 2.45) is 0 Å². The molecule has 2 aliphatic heterocycles. The number of carbonyl (C=O) groups is 2. The molecule has 0 aliphatic carbocycles. The lowest BCUT2D eigenvalue weighted by Gasteiger charge is -2.47. The molecule has 112 valence electrons. The third-order valence-corrected chi connectivity index (χ3v) is 4.52. The van der Waals surface area contributed by atoms with E-state index in [1.807, 2.05) is 0 Å². The molecule has 1 unspecified atom stereocenters. The van der Waals surface area contributed by atoms with Crippen molar-refractivity contribution in [3.63, 3.8) is 0 Å². The van der Waals surface area contributed by atoms with Gasteiger partial charge in [-0.25, -0.2) is 18.0 Å². The maximum absolute atomic E-state index is 11.8. The van der Waals surface area contributed by atoms with Crippen molar-refractivity contribution in [3.05, 3.63) is 11.5 Å². The summed E-state index contributed by atoms with van der Waals surface area (Å²) in [5, 5.41) is 12.2. The highest BCUT2D eigenvalue weighted by Gasteiger charge is 2.43. The fraction of sp³-hybridized carbons (Fsp3) is 0.636. The number of nitrogens with one attached hydrogen (secondary N) is 1. The summed E-state index contributed by atoms with van der Waals surface area (Å²) >= 11 is 0. The number of rotatable bonds is 4. The van der Waals surface area contributed by atoms with Gasteiger partial charge in [0, 0.05) is 5.41 Å². The molecular formula is C11H16N2O6S. The van der Waals surface area contributed by atoms with Crippen LogP contribution in [0.5, 0.6) is 0 Å². The summed E-state index contributed by atoms with van der Waals surface area (Å²) in [4.78, 5) is 23.7. The summed E-state index contributed by atoms with van der Waals surface area (Å²) in [6, 6.07) is -0.896. The molecule has 1 saturated heterocycles. The van der Waals surface area contributed by atoms with E-state index >= 15 is 0 Å². The van der Waals surface area contributed by atoms with Crippen LogP contribution in [0.4, 0.5) is 4.79 Å². The van der Waals surface area contributed by atoms with Gasteiger partial charge >= 0.3 is 12.0 Å². The zero-order valence-corrected chi connectivity index (χ0v) is 11.7. The average Bonchev–Trinajstić information content (AvgIpc) is 2.62. The summed E-state index contributed by atoms with van der Waals surface area (Å²) in [7, 11) is -3.20. The van der Waals surface area contributed by atoms with E-state index in [0.29, 0.717) is 0 Å². The topological polar surface area (TPSA) is 113 Å². The van der Waals surface area contributed by atoms with Gasteiger partial charge in [-0.3, -0.25) is 0 Å². The summed E-state index contributed by atoms with van der Waals surface area (Å²) in [5.41, 5.74) is -0.659. The second kappa shape index (κ2) is 5.06. The van der Waals surface area contributed by atoms with Crippen molar-refractivity contribution in [2.45, 2.75) is 18.6 Å². The number of likely N-dealkylation sites (tertiary alicyclic amines) is 1. The zero-order chi connectivity index (χ0) is 15.0. The first-order valence-corrected chi connectivity index (χ1v) is 7.73. The van der Waals surface area contributed by atoms with Gasteiger partial charge in [-0.1, -0.05) is 0 Å². The SMILES string of the molecule is CC1(OCC(=O)O)CN(C(=O)NC2C=CS(=O)(=O)C2)C1. The Balaban J connectivity index is 1.77. The molecule has 1 fully saturated rings. The van der Waals surface area contributed by atoms with Gasteiger partial charge in [-0.15, -0.1) is 0 Å². The van der Waals surface area contributed by atoms with Crippen LogP contribution in [-0.2, 0) is 19.4 Å². The first-order chi connectivity index (χ1) is 9.19. The van der Waals surface area contributed by atoms with Crippen LogP contribution in [0, 0.1) is 0 Å². The number of carbonyl (C=O) groups excluding carboxylic acids is 1. The molecule has 0 bridgehead atoms. The molecule has 0 radical (unpaired) electrons. The summed E-state index contributed by atoms with van der Waals surface area (Å²) in [5.74, 6) is -1.19. The third kappa shape index (κ3) is 3.48. The highest BCUT2D eigenvalue weighted by molar-refractivity contribution is 7.94. The van der Waals surface area contributed by atoms with E-state index in [9.17, 15) is 18.0 Å². The minimum Gasteiger partial charge on any atom is -0.480 e. The quantitative estimate of drug-likeness (QED) is 0.702. The van der Waals surface area contributed by atoms with Crippen molar-refractivity contribution >= 4 is 21.8 Å². The van der Waals surface area contributed by atoms with E-state index in [1.54, 1.807) is 6.92 Å². The second-order valence-corrected chi connectivity index (χ2v) is 7.13. The average molecular weight is 304 g/mol. The van der Waals surface area contributed by atoms with Crippen LogP contribution in [0.1, 0.15) is 6.92 Å². The molecule has 0 spiro atoms. The number of sulfone groups is 1. The van der Waals surface area contributed by atoms with Gasteiger partial charge < -0.3 is 20.1 Å². The predicted octanol–water partition coefficient (Wildman–Crippen LogP) is -0.818. The van der Waals surface area contributed by atoms with Crippen molar-refractivity contribution < 1.29 is 27.9 Å². The van der Waals surface area contributed by atoms with Crippen LogP contribution in [0.3, 0.4) is 0 Å². The fourth-order valence-electron chi connectivity index (χ4n) is 2.15. The minimum absolute atomic E-state index is 0.126. The van der Waals surface area contributed by atoms with E-state index < -0.39 is 34.1 Å². The maximum atomic E-state index is 11.8. The van der Waals surface area contributed by atoms with E-state index in [4.69, 9.17) is 9.84 Å². The number of urea groups is 1. The van der Waals surface area contributed by atoms with E-state index in [2.05, 4.69) is 5.32 Å². The molecule has 2 heterocycles. The number of hydrogen-bond acceptors (Lipinski definition) is 5. The lowest BCUT2D eigenvalue weighted by Crippen LogP contribution is -2.66. The number of carboxylic acid groups (broad SMARTS) is 1. The predicted molar refractivity (Wildman–Crippen MR) is 68.8 cm³/mol. The molecule has 20 heavy (non-hydrogen) atoms. The van der Waals surface area contributed by atoms with Crippen LogP contribution in [-0.4, -0.2) is 67.5 Å². The van der Waals surface area contributed by atoms with Gasteiger partial charge in [-0.05, 0) is 13.0 Å². The van der Waals surface area contributed by atoms with Gasteiger partial charge in [-0.2, -0.15) is 0 Å². The maximum Gasteiger partial charge on any atom is 0.329 e. The van der Waals surface area contributed by atoms with Gasteiger partial charge in [0.1, 0.15) is 12.2 Å². The third-order valence-electron chi connectivity index (χ3n) is 3.12. The van der Waals surface area contributed by atoms with Crippen LogP contribution in [0.25, 0.3) is 0 Å². The number of ether oxygens (including phenoxy) is 1. The molecule has 0 aromatic heterocycles. The van der Waals surface area contributed by atoms with Gasteiger partial charge in [0.05, 0.1) is 24.9 Å². The first-order valence-electron chi connectivity index (χ1n) is 6.01. The lowest BCUT2D eigenvalue weighted by molar-refractivity contribution is -0.159. The van der Waals surface area contributed by atoms with Crippen LogP contribution < -0.4 is 5.32 Å². The normalized spacial score (nSPS) is 26.1. The number of amides is 2. The molecule has 0 aromatic carbocycles. The van der Waals surface area contributed by atoms with E-state index in [0.717, 1.165) is 5.41 Å². The Hall–Kier alpha value is -1.61. The Kier molecular flexibility index (Phi) is 3.74. The lowest BCUT2D eigenvalue weighted by atomic mass is 9.97. The zero-order valence-electron chi connectivity index (χ0n) is 10.9. The molecule has 9 heteroatoms. The summed E-state index contributed by atoms with van der Waals surface area (Å²) < 4.78 is 27.6. The summed E-state index contributed by atoms with van der Waals surface area (Å²) in [6.45, 7) is 1.86. The van der Waals surface area contributed by atoms with Crippen LogP contribution >= 0.6 is 0 Å². The van der Waals surface area contributed by atoms with Gasteiger partial charge in [0.15, 0.2) is 9.84 Å². The molecule has 2 N–H and O–H groups in total. The van der Waals surface area contributed by atoms with Crippen LogP contribution in [0.15, 0.2) is 11.5 Å². The van der Waals surface area contributed by atoms with Gasteiger partial charge in [0.25, 0.3) is 0 Å². The number of aliphatic carboxylic acids is 1. The number of nitrogens with zero attached hydrogens (tertiary/aromatic N) is 1. The van der Waals surface area contributed by atoms with E-state index in [1.165, 1.54) is 11.0 Å².